The van der Waals surface area contributed by atoms with Gasteiger partial charge >= 0.3 is 0 Å². The Kier molecular flexibility index (Phi) is 4.50. The van der Waals surface area contributed by atoms with Crippen molar-refractivity contribution in [2.45, 2.75) is 46.2 Å². The second kappa shape index (κ2) is 6.36. The molecule has 0 aliphatic carbocycles. The molecule has 0 saturated carbocycles. The number of aryl methyl sites for hydroxylation is 3. The summed E-state index contributed by atoms with van der Waals surface area (Å²) in [5.41, 5.74) is 3.22. The molecular formula is C15H24ClN5. The lowest BCUT2D eigenvalue weighted by Crippen LogP contribution is -2.25. The fourth-order valence-electron chi connectivity index (χ4n) is 3.25. The fourth-order valence-corrected chi connectivity index (χ4v) is 3.42. The van der Waals surface area contributed by atoms with Crippen LogP contribution in [0.5, 0.6) is 0 Å². The van der Waals surface area contributed by atoms with E-state index in [0.717, 1.165) is 48.7 Å². The van der Waals surface area contributed by atoms with Crippen molar-refractivity contribution >= 4 is 22.8 Å². The molecule has 3 heterocycles. The molecule has 0 aromatic carbocycles. The lowest BCUT2D eigenvalue weighted by atomic mass is 10.4. The van der Waals surface area contributed by atoms with E-state index in [2.05, 4.69) is 26.2 Å². The van der Waals surface area contributed by atoms with Crippen molar-refractivity contribution in [3.8, 4) is 0 Å². The molecule has 0 bridgehead atoms. The number of nitrogens with zero attached hydrogens (tertiary/aromatic N) is 5. The minimum atomic E-state index is 0.613. The molecule has 1 aliphatic heterocycles. The van der Waals surface area contributed by atoms with Gasteiger partial charge < -0.3 is 9.47 Å². The van der Waals surface area contributed by atoms with Gasteiger partial charge in [-0.1, -0.05) is 0 Å². The largest absolute Gasteiger partial charge is 0.312 e. The molecule has 2 aromatic rings. The molecular weight excluding hydrogens is 286 g/mol. The number of halogens is 1. The maximum absolute atomic E-state index is 5.96. The van der Waals surface area contributed by atoms with Crippen molar-refractivity contribution in [2.24, 2.45) is 0 Å². The van der Waals surface area contributed by atoms with Gasteiger partial charge in [-0.3, -0.25) is 0 Å². The van der Waals surface area contributed by atoms with Crippen LogP contribution in [-0.4, -0.2) is 49.7 Å². The fraction of sp³-hybridized carbons (Fsp3) is 0.733. The number of hydrogen-bond acceptors (Lipinski definition) is 3. The van der Waals surface area contributed by atoms with Crippen molar-refractivity contribution in [1.29, 1.82) is 0 Å². The first-order valence-electron chi connectivity index (χ1n) is 7.95. The average molecular weight is 310 g/mol. The third kappa shape index (κ3) is 2.81. The molecule has 0 atom stereocenters. The molecule has 2 aromatic heterocycles. The van der Waals surface area contributed by atoms with E-state index >= 15 is 0 Å². The highest BCUT2D eigenvalue weighted by Gasteiger charge is 2.19. The van der Waals surface area contributed by atoms with Crippen molar-refractivity contribution in [1.82, 2.24) is 24.2 Å². The molecule has 1 saturated heterocycles. The van der Waals surface area contributed by atoms with E-state index in [1.165, 1.54) is 25.9 Å². The summed E-state index contributed by atoms with van der Waals surface area (Å²) in [4.78, 5) is 7.33. The zero-order chi connectivity index (χ0) is 14.8. The number of fused-ring (bicyclic) bond motifs is 1. The van der Waals surface area contributed by atoms with Gasteiger partial charge in [-0.15, -0.1) is 11.6 Å². The first-order valence-corrected chi connectivity index (χ1v) is 8.49. The Hall–Kier alpha value is -1.07. The molecule has 0 radical (unpaired) electrons. The standard InChI is InChI=1S/C15H24ClN5/c1-3-21-15-14(12(2)18-21)17-13(6-7-16)20(15)11-10-19-8-4-5-9-19/h3-11H2,1-2H3. The average Bonchev–Trinajstić information content (AvgIpc) is 3.16. The number of imidazole rings is 1. The monoisotopic (exact) mass is 309 g/mol. The van der Waals surface area contributed by atoms with Gasteiger partial charge in [-0.25, -0.2) is 9.67 Å². The predicted molar refractivity (Wildman–Crippen MR) is 86.0 cm³/mol. The van der Waals surface area contributed by atoms with E-state index in [9.17, 15) is 0 Å². The van der Waals surface area contributed by atoms with Crippen LogP contribution in [0, 0.1) is 6.92 Å². The number of rotatable bonds is 6. The highest BCUT2D eigenvalue weighted by molar-refractivity contribution is 6.17. The summed E-state index contributed by atoms with van der Waals surface area (Å²) in [6, 6.07) is 0. The van der Waals surface area contributed by atoms with E-state index in [1.807, 2.05) is 6.92 Å². The van der Waals surface area contributed by atoms with Crippen LogP contribution in [-0.2, 0) is 19.5 Å². The molecule has 5 nitrogen and oxygen atoms in total. The summed E-state index contributed by atoms with van der Waals surface area (Å²) in [6.45, 7) is 9.58. The second-order valence-electron chi connectivity index (χ2n) is 5.74. The Labute approximate surface area is 130 Å². The Balaban J connectivity index is 1.93. The van der Waals surface area contributed by atoms with E-state index in [1.54, 1.807) is 0 Å². The van der Waals surface area contributed by atoms with Crippen molar-refractivity contribution < 1.29 is 0 Å². The smallest absolute Gasteiger partial charge is 0.158 e. The van der Waals surface area contributed by atoms with Gasteiger partial charge in [-0.05, 0) is 39.8 Å². The zero-order valence-corrected chi connectivity index (χ0v) is 13.7. The van der Waals surface area contributed by atoms with Crippen LogP contribution in [0.3, 0.4) is 0 Å². The van der Waals surface area contributed by atoms with Crippen LogP contribution in [0.2, 0.25) is 0 Å². The van der Waals surface area contributed by atoms with Crippen LogP contribution < -0.4 is 0 Å². The molecule has 0 unspecified atom stereocenters. The maximum atomic E-state index is 5.96. The van der Waals surface area contributed by atoms with E-state index in [4.69, 9.17) is 16.6 Å². The molecule has 0 N–H and O–H groups in total. The Bertz CT molecular complexity index is 609. The lowest BCUT2D eigenvalue weighted by molar-refractivity contribution is 0.321. The van der Waals surface area contributed by atoms with Crippen molar-refractivity contribution in [3.63, 3.8) is 0 Å². The predicted octanol–water partition coefficient (Wildman–Crippen LogP) is 2.44. The maximum Gasteiger partial charge on any atom is 0.158 e. The highest BCUT2D eigenvalue weighted by Crippen LogP contribution is 2.21. The molecule has 6 heteroatoms. The first kappa shape index (κ1) is 14.9. The Morgan fingerprint density at radius 2 is 1.95 bits per heavy atom. The number of hydrogen-bond donors (Lipinski definition) is 0. The highest BCUT2D eigenvalue weighted by atomic mass is 35.5. The molecule has 21 heavy (non-hydrogen) atoms. The molecule has 1 fully saturated rings. The first-order chi connectivity index (χ1) is 10.2. The minimum Gasteiger partial charge on any atom is -0.312 e. The van der Waals surface area contributed by atoms with Crippen molar-refractivity contribution in [3.05, 3.63) is 11.5 Å². The summed E-state index contributed by atoms with van der Waals surface area (Å²) in [5.74, 6) is 1.71. The topological polar surface area (TPSA) is 38.9 Å². The summed E-state index contributed by atoms with van der Waals surface area (Å²) in [7, 11) is 0. The van der Waals surface area contributed by atoms with Crippen LogP contribution in [0.15, 0.2) is 0 Å². The third-order valence-electron chi connectivity index (χ3n) is 4.33. The number of alkyl halides is 1. The quantitative estimate of drug-likeness (QED) is 0.769. The van der Waals surface area contributed by atoms with Gasteiger partial charge in [0.25, 0.3) is 0 Å². The molecule has 116 valence electrons. The Morgan fingerprint density at radius 1 is 1.19 bits per heavy atom. The third-order valence-corrected chi connectivity index (χ3v) is 4.52. The summed E-state index contributed by atoms with van der Waals surface area (Å²) in [5, 5.41) is 4.60. The van der Waals surface area contributed by atoms with Gasteiger partial charge in [-0.2, -0.15) is 5.10 Å². The molecule has 1 aliphatic rings. The van der Waals surface area contributed by atoms with E-state index in [0.29, 0.717) is 5.88 Å². The summed E-state index contributed by atoms with van der Waals surface area (Å²) >= 11 is 5.96. The van der Waals surface area contributed by atoms with Crippen LogP contribution in [0.1, 0.15) is 31.3 Å². The molecule has 0 spiro atoms. The Morgan fingerprint density at radius 3 is 2.62 bits per heavy atom. The lowest BCUT2D eigenvalue weighted by Gasteiger charge is -2.16. The van der Waals surface area contributed by atoms with Crippen LogP contribution >= 0.6 is 11.6 Å². The SMILES string of the molecule is CCn1nc(C)c2nc(CCCl)n(CCN3CCCC3)c21. The van der Waals surface area contributed by atoms with Crippen LogP contribution in [0.4, 0.5) is 0 Å². The van der Waals surface area contributed by atoms with Gasteiger partial charge in [0.2, 0.25) is 0 Å². The van der Waals surface area contributed by atoms with Gasteiger partial charge in [0.1, 0.15) is 11.3 Å². The van der Waals surface area contributed by atoms with E-state index < -0.39 is 0 Å². The normalized spacial score (nSPS) is 16.3. The number of aromatic nitrogens is 4. The van der Waals surface area contributed by atoms with Crippen molar-refractivity contribution in [2.75, 3.05) is 25.5 Å². The second-order valence-corrected chi connectivity index (χ2v) is 6.12. The zero-order valence-electron chi connectivity index (χ0n) is 13.0. The molecule has 3 rings (SSSR count). The number of likely N-dealkylation sites (tertiary alicyclic amines) is 1. The van der Waals surface area contributed by atoms with Gasteiger partial charge in [0, 0.05) is 31.9 Å². The summed E-state index contributed by atoms with van der Waals surface area (Å²) in [6.07, 6.45) is 3.49. The summed E-state index contributed by atoms with van der Waals surface area (Å²) < 4.78 is 4.40. The van der Waals surface area contributed by atoms with Gasteiger partial charge in [0.15, 0.2) is 5.65 Å². The van der Waals surface area contributed by atoms with Crippen LogP contribution in [0.25, 0.3) is 11.2 Å². The minimum absolute atomic E-state index is 0.613. The molecule has 0 amide bonds. The van der Waals surface area contributed by atoms with E-state index in [-0.39, 0.29) is 0 Å². The van der Waals surface area contributed by atoms with Gasteiger partial charge in [0.05, 0.1) is 5.69 Å².